The van der Waals surface area contributed by atoms with Gasteiger partial charge >= 0.3 is 5.97 Å². The zero-order valence-electron chi connectivity index (χ0n) is 17.4. The number of rotatable bonds is 8. The molecule has 1 aliphatic heterocycles. The normalized spacial score (nSPS) is 22.2. The fourth-order valence-electron chi connectivity index (χ4n) is 4.93. The molecule has 0 aromatic heterocycles. The Morgan fingerprint density at radius 2 is 1.74 bits per heavy atom. The Bertz CT molecular complexity index is 957. The van der Waals surface area contributed by atoms with E-state index in [1.165, 1.54) is 0 Å². The second-order valence-electron chi connectivity index (χ2n) is 8.29. The van der Waals surface area contributed by atoms with Crippen molar-refractivity contribution in [1.82, 2.24) is 4.90 Å². The number of carbonyl (C=O) groups excluding carboxylic acids is 2. The highest BCUT2D eigenvalue weighted by atomic mass is 16.5. The zero-order chi connectivity index (χ0) is 21.8. The number of amides is 1. The first-order valence-electron chi connectivity index (χ1n) is 10.9. The van der Waals surface area contributed by atoms with Crippen molar-refractivity contribution < 1.29 is 24.2 Å². The van der Waals surface area contributed by atoms with Crippen molar-refractivity contribution in [3.63, 3.8) is 0 Å². The molecule has 1 amide bonds. The van der Waals surface area contributed by atoms with Gasteiger partial charge < -0.3 is 14.7 Å². The van der Waals surface area contributed by atoms with Gasteiger partial charge in [0.05, 0.1) is 12.2 Å². The standard InChI is InChI=1S/C25H27NO5/c27-23(26-20-12-6-10-18(20)16-21(26)25(29)30)14-7-15-31-22-13-5-4-11-19(22)24(28)17-8-2-1-3-9-17/h1-5,8-9,11,13,18,20-21H,6-7,10,12,14-16H2,(H,29,30)/t18-,20-,21-/m0/s1. The predicted octanol–water partition coefficient (Wildman–Crippen LogP) is 3.93. The summed E-state index contributed by atoms with van der Waals surface area (Å²) in [4.78, 5) is 38.9. The second-order valence-corrected chi connectivity index (χ2v) is 8.29. The molecule has 1 heterocycles. The van der Waals surface area contributed by atoms with E-state index in [1.54, 1.807) is 35.2 Å². The van der Waals surface area contributed by atoms with Crippen molar-refractivity contribution in [3.8, 4) is 5.75 Å². The molecule has 6 nitrogen and oxygen atoms in total. The third-order valence-corrected chi connectivity index (χ3v) is 6.37. The molecule has 2 aromatic rings. The van der Waals surface area contributed by atoms with Crippen molar-refractivity contribution >= 4 is 17.7 Å². The maximum Gasteiger partial charge on any atom is 0.326 e. The molecule has 0 unspecified atom stereocenters. The number of carboxylic acids is 1. The SMILES string of the molecule is O=C(c1ccccc1)c1ccccc1OCCCC(=O)N1[C@H](C(=O)O)C[C@@H]2CCC[C@@H]21. The van der Waals surface area contributed by atoms with Crippen LogP contribution in [-0.2, 0) is 9.59 Å². The molecule has 1 N–H and O–H groups in total. The second kappa shape index (κ2) is 9.33. The number of likely N-dealkylation sites (tertiary alicyclic amines) is 1. The van der Waals surface area contributed by atoms with Crippen molar-refractivity contribution in [3.05, 3.63) is 65.7 Å². The summed E-state index contributed by atoms with van der Waals surface area (Å²) in [6, 6.07) is 15.5. The quantitative estimate of drug-likeness (QED) is 0.516. The van der Waals surface area contributed by atoms with Crippen LogP contribution >= 0.6 is 0 Å². The Morgan fingerprint density at radius 3 is 2.52 bits per heavy atom. The summed E-state index contributed by atoms with van der Waals surface area (Å²) in [5.41, 5.74) is 1.08. The molecule has 1 saturated carbocycles. The van der Waals surface area contributed by atoms with E-state index in [2.05, 4.69) is 0 Å². The van der Waals surface area contributed by atoms with Gasteiger partial charge in [-0.25, -0.2) is 4.79 Å². The Kier molecular flexibility index (Phi) is 6.35. The summed E-state index contributed by atoms with van der Waals surface area (Å²) in [5, 5.41) is 9.53. The summed E-state index contributed by atoms with van der Waals surface area (Å²) < 4.78 is 5.85. The summed E-state index contributed by atoms with van der Waals surface area (Å²) in [5.74, 6) is -0.325. The number of ketones is 1. The van der Waals surface area contributed by atoms with Gasteiger partial charge in [-0.3, -0.25) is 9.59 Å². The van der Waals surface area contributed by atoms with E-state index < -0.39 is 12.0 Å². The molecule has 0 bridgehead atoms. The molecule has 31 heavy (non-hydrogen) atoms. The van der Waals surface area contributed by atoms with Gasteiger partial charge in [-0.2, -0.15) is 0 Å². The van der Waals surface area contributed by atoms with Crippen LogP contribution in [0.25, 0.3) is 0 Å². The number of hydrogen-bond donors (Lipinski definition) is 1. The highest BCUT2D eigenvalue weighted by Crippen LogP contribution is 2.41. The number of benzene rings is 2. The van der Waals surface area contributed by atoms with E-state index in [1.807, 2.05) is 24.3 Å². The lowest BCUT2D eigenvalue weighted by atomic mass is 10.0. The number of nitrogens with zero attached hydrogens (tertiary/aromatic N) is 1. The first-order chi connectivity index (χ1) is 15.1. The molecule has 2 fully saturated rings. The monoisotopic (exact) mass is 421 g/mol. The highest BCUT2D eigenvalue weighted by Gasteiger charge is 2.48. The Hall–Kier alpha value is -3.15. The van der Waals surface area contributed by atoms with Gasteiger partial charge in [0.2, 0.25) is 5.91 Å². The fourth-order valence-corrected chi connectivity index (χ4v) is 4.93. The number of carbonyl (C=O) groups is 3. The minimum atomic E-state index is -0.910. The lowest BCUT2D eigenvalue weighted by molar-refractivity contribution is -0.149. The molecular weight excluding hydrogens is 394 g/mol. The minimum absolute atomic E-state index is 0.0683. The molecule has 0 radical (unpaired) electrons. The number of ether oxygens (including phenoxy) is 1. The van der Waals surface area contributed by atoms with Crippen LogP contribution in [0.5, 0.6) is 5.75 Å². The molecule has 6 heteroatoms. The molecule has 1 aliphatic carbocycles. The van der Waals surface area contributed by atoms with Crippen LogP contribution in [0.2, 0.25) is 0 Å². The first-order valence-corrected chi connectivity index (χ1v) is 10.9. The highest BCUT2D eigenvalue weighted by molar-refractivity contribution is 6.10. The topological polar surface area (TPSA) is 83.9 Å². The average molecular weight is 421 g/mol. The predicted molar refractivity (Wildman–Crippen MR) is 115 cm³/mol. The van der Waals surface area contributed by atoms with Gasteiger partial charge in [0.15, 0.2) is 5.78 Å². The number of carboxylic acid groups (broad SMARTS) is 1. The lowest BCUT2D eigenvalue weighted by Gasteiger charge is -2.27. The van der Waals surface area contributed by atoms with Gasteiger partial charge in [-0.1, -0.05) is 48.9 Å². The number of hydrogen-bond acceptors (Lipinski definition) is 4. The van der Waals surface area contributed by atoms with Crippen LogP contribution in [0, 0.1) is 5.92 Å². The van der Waals surface area contributed by atoms with Crippen LogP contribution in [0.15, 0.2) is 54.6 Å². The molecule has 162 valence electrons. The van der Waals surface area contributed by atoms with Crippen molar-refractivity contribution in [2.75, 3.05) is 6.61 Å². The van der Waals surface area contributed by atoms with Crippen LogP contribution in [0.1, 0.15) is 54.4 Å². The number of aliphatic carboxylic acids is 1. The minimum Gasteiger partial charge on any atom is -0.493 e. The average Bonchev–Trinajstić information content (AvgIpc) is 3.38. The smallest absolute Gasteiger partial charge is 0.326 e. The molecular formula is C25H27NO5. The summed E-state index contributed by atoms with van der Waals surface area (Å²) in [7, 11) is 0. The van der Waals surface area contributed by atoms with Crippen molar-refractivity contribution in [2.45, 2.75) is 50.6 Å². The van der Waals surface area contributed by atoms with Crippen LogP contribution in [0.4, 0.5) is 0 Å². The van der Waals surface area contributed by atoms with E-state index in [4.69, 9.17) is 4.74 Å². The molecule has 3 atom stereocenters. The Labute approximate surface area is 181 Å². The summed E-state index contributed by atoms with van der Waals surface area (Å²) >= 11 is 0. The number of para-hydroxylation sites is 1. The fraction of sp³-hybridized carbons (Fsp3) is 0.400. The summed E-state index contributed by atoms with van der Waals surface area (Å²) in [6.45, 7) is 0.282. The van der Waals surface area contributed by atoms with Gasteiger partial charge in [0.1, 0.15) is 11.8 Å². The van der Waals surface area contributed by atoms with Gasteiger partial charge in [0.25, 0.3) is 0 Å². The third-order valence-electron chi connectivity index (χ3n) is 6.37. The maximum absolute atomic E-state index is 12.8. The maximum atomic E-state index is 12.8. The van der Waals surface area contributed by atoms with E-state index in [9.17, 15) is 19.5 Å². The molecule has 0 spiro atoms. The Balaban J connectivity index is 1.35. The van der Waals surface area contributed by atoms with E-state index in [0.717, 1.165) is 19.3 Å². The van der Waals surface area contributed by atoms with Gasteiger partial charge in [-0.05, 0) is 43.7 Å². The number of fused-ring (bicyclic) bond motifs is 1. The van der Waals surface area contributed by atoms with Crippen molar-refractivity contribution in [1.29, 1.82) is 0 Å². The van der Waals surface area contributed by atoms with Crippen LogP contribution in [-0.4, -0.2) is 46.4 Å². The molecule has 2 aliphatic rings. The largest absolute Gasteiger partial charge is 0.493 e. The molecule has 1 saturated heterocycles. The van der Waals surface area contributed by atoms with E-state index in [-0.39, 0.29) is 30.8 Å². The lowest BCUT2D eigenvalue weighted by Crippen LogP contribution is -2.44. The third kappa shape index (κ3) is 4.48. The molecule has 2 aromatic carbocycles. The first kappa shape index (κ1) is 21.1. The van der Waals surface area contributed by atoms with Crippen LogP contribution in [0.3, 0.4) is 0 Å². The van der Waals surface area contributed by atoms with Crippen molar-refractivity contribution in [2.24, 2.45) is 5.92 Å². The molecule has 4 rings (SSSR count). The van der Waals surface area contributed by atoms with Gasteiger partial charge in [0, 0.05) is 18.0 Å². The zero-order valence-corrected chi connectivity index (χ0v) is 17.4. The Morgan fingerprint density at radius 1 is 1.00 bits per heavy atom. The van der Waals surface area contributed by atoms with E-state index in [0.29, 0.717) is 35.6 Å². The van der Waals surface area contributed by atoms with E-state index >= 15 is 0 Å². The van der Waals surface area contributed by atoms with Gasteiger partial charge in [-0.15, -0.1) is 0 Å². The van der Waals surface area contributed by atoms with Crippen LogP contribution < -0.4 is 4.74 Å². The summed E-state index contributed by atoms with van der Waals surface area (Å²) in [6.07, 6.45) is 4.23.